The quantitative estimate of drug-likeness (QED) is 0.457. The van der Waals surface area contributed by atoms with Gasteiger partial charge in [-0.3, -0.25) is 4.79 Å². The van der Waals surface area contributed by atoms with Gasteiger partial charge in [-0.1, -0.05) is 0 Å². The van der Waals surface area contributed by atoms with Gasteiger partial charge in [0.05, 0.1) is 18.8 Å². The predicted octanol–water partition coefficient (Wildman–Crippen LogP) is 2.50. The van der Waals surface area contributed by atoms with E-state index in [1.807, 2.05) is 0 Å². The normalized spacial score (nSPS) is 13.9. The Kier molecular flexibility index (Phi) is 4.32. The summed E-state index contributed by atoms with van der Waals surface area (Å²) in [5.41, 5.74) is -0.443. The van der Waals surface area contributed by atoms with Crippen LogP contribution in [-0.4, -0.2) is 25.0 Å². The molecule has 0 amide bonds. The lowest BCUT2D eigenvalue weighted by Crippen LogP contribution is -2.19. The maximum atomic E-state index is 13.7. The second-order valence-corrected chi connectivity index (χ2v) is 4.57. The van der Waals surface area contributed by atoms with Gasteiger partial charge in [-0.05, 0) is 31.7 Å². The number of ether oxygens (including phenoxy) is 2. The van der Waals surface area contributed by atoms with Crippen molar-refractivity contribution in [1.82, 2.24) is 0 Å². The molecule has 1 aliphatic rings. The number of hydrogen-bond acceptors (Lipinski definition) is 4. The zero-order valence-corrected chi connectivity index (χ0v) is 10.9. The molecule has 0 spiro atoms. The molecule has 20 heavy (non-hydrogen) atoms. The van der Waals surface area contributed by atoms with E-state index in [0.717, 1.165) is 18.9 Å². The van der Waals surface area contributed by atoms with E-state index in [1.165, 1.54) is 6.92 Å². The van der Waals surface area contributed by atoms with E-state index in [4.69, 9.17) is 4.74 Å². The van der Waals surface area contributed by atoms with Crippen LogP contribution in [0.2, 0.25) is 0 Å². The van der Waals surface area contributed by atoms with E-state index in [-0.39, 0.29) is 13.2 Å². The minimum atomic E-state index is -1.16. The number of halogens is 2. The Labute approximate surface area is 114 Å². The number of carbonyl (C=O) groups excluding carboxylic acids is 2. The second-order valence-electron chi connectivity index (χ2n) is 4.57. The van der Waals surface area contributed by atoms with E-state index in [2.05, 4.69) is 4.74 Å². The van der Waals surface area contributed by atoms with Crippen molar-refractivity contribution in [3.05, 3.63) is 29.3 Å². The molecule has 1 aliphatic carbocycles. The van der Waals surface area contributed by atoms with E-state index >= 15 is 0 Å². The van der Waals surface area contributed by atoms with Crippen molar-refractivity contribution in [2.45, 2.75) is 19.8 Å². The molecule has 4 nitrogen and oxygen atoms in total. The van der Waals surface area contributed by atoms with Crippen molar-refractivity contribution in [3.63, 3.8) is 0 Å². The average molecular weight is 284 g/mol. The summed E-state index contributed by atoms with van der Waals surface area (Å²) in [5.74, 6) is -4.29. The third-order valence-corrected chi connectivity index (χ3v) is 2.87. The fraction of sp³-hybridized carbons (Fsp3) is 0.429. The number of carbonyl (C=O) groups is 2. The van der Waals surface area contributed by atoms with Crippen LogP contribution in [0.4, 0.5) is 8.78 Å². The smallest absolute Gasteiger partial charge is 0.379 e. The van der Waals surface area contributed by atoms with Gasteiger partial charge in [-0.25, -0.2) is 13.6 Å². The Balaban J connectivity index is 2.27. The highest BCUT2D eigenvalue weighted by Gasteiger charge is 2.28. The van der Waals surface area contributed by atoms with E-state index in [9.17, 15) is 18.4 Å². The summed E-state index contributed by atoms with van der Waals surface area (Å²) in [6.07, 6.45) is 1.95. The molecular formula is C14H14F2O4. The highest BCUT2D eigenvalue weighted by molar-refractivity contribution is 6.41. The van der Waals surface area contributed by atoms with Gasteiger partial charge in [0, 0.05) is 6.07 Å². The van der Waals surface area contributed by atoms with Crippen molar-refractivity contribution in [2.75, 3.05) is 13.2 Å². The Morgan fingerprint density at radius 2 is 2.00 bits per heavy atom. The van der Waals surface area contributed by atoms with Crippen LogP contribution in [0.15, 0.2) is 12.1 Å². The maximum absolute atomic E-state index is 13.7. The molecule has 0 N–H and O–H groups in total. The third-order valence-electron chi connectivity index (χ3n) is 2.87. The highest BCUT2D eigenvalue weighted by Crippen LogP contribution is 2.32. The molecule has 0 bridgehead atoms. The summed E-state index contributed by atoms with van der Waals surface area (Å²) in [6.45, 7) is 1.77. The monoisotopic (exact) mass is 284 g/mol. The minimum Gasteiger partial charge on any atom is -0.489 e. The van der Waals surface area contributed by atoms with Crippen molar-refractivity contribution in [3.8, 4) is 5.75 Å². The molecule has 0 radical (unpaired) electrons. The fourth-order valence-electron chi connectivity index (χ4n) is 1.67. The van der Waals surface area contributed by atoms with Gasteiger partial charge < -0.3 is 9.47 Å². The van der Waals surface area contributed by atoms with Gasteiger partial charge in [-0.2, -0.15) is 0 Å². The first-order valence-corrected chi connectivity index (χ1v) is 6.36. The highest BCUT2D eigenvalue weighted by atomic mass is 19.1. The molecule has 108 valence electrons. The summed E-state index contributed by atoms with van der Waals surface area (Å²) < 4.78 is 36.7. The van der Waals surface area contributed by atoms with Crippen LogP contribution in [0.25, 0.3) is 0 Å². The SMILES string of the molecule is CCOC(=O)C(=O)c1cc(F)cc(F)c1OCC1CC1. The van der Waals surface area contributed by atoms with Crippen LogP contribution in [0.1, 0.15) is 30.1 Å². The Morgan fingerprint density at radius 1 is 1.30 bits per heavy atom. The van der Waals surface area contributed by atoms with Crippen molar-refractivity contribution < 1.29 is 27.8 Å². The first kappa shape index (κ1) is 14.4. The van der Waals surface area contributed by atoms with E-state index in [1.54, 1.807) is 0 Å². The molecule has 0 heterocycles. The van der Waals surface area contributed by atoms with Gasteiger partial charge in [0.25, 0.3) is 5.78 Å². The largest absolute Gasteiger partial charge is 0.489 e. The average Bonchev–Trinajstić information content (AvgIpc) is 3.20. The van der Waals surface area contributed by atoms with Crippen LogP contribution >= 0.6 is 0 Å². The Bertz CT molecular complexity index is 538. The molecule has 0 aromatic heterocycles. The van der Waals surface area contributed by atoms with Gasteiger partial charge in [0.15, 0.2) is 11.6 Å². The molecular weight excluding hydrogens is 270 g/mol. The molecule has 1 aromatic rings. The zero-order chi connectivity index (χ0) is 14.7. The number of benzene rings is 1. The van der Waals surface area contributed by atoms with Crippen molar-refractivity contribution in [1.29, 1.82) is 0 Å². The molecule has 1 fully saturated rings. The van der Waals surface area contributed by atoms with Crippen molar-refractivity contribution in [2.24, 2.45) is 5.92 Å². The maximum Gasteiger partial charge on any atom is 0.379 e. The molecule has 0 atom stereocenters. The Morgan fingerprint density at radius 3 is 2.60 bits per heavy atom. The summed E-state index contributed by atoms with van der Waals surface area (Å²) in [5, 5.41) is 0. The molecule has 0 aliphatic heterocycles. The van der Waals surface area contributed by atoms with Gasteiger partial charge in [-0.15, -0.1) is 0 Å². The lowest BCUT2D eigenvalue weighted by molar-refractivity contribution is -0.137. The van der Waals surface area contributed by atoms with Gasteiger partial charge in [0.2, 0.25) is 0 Å². The summed E-state index contributed by atoms with van der Waals surface area (Å²) in [7, 11) is 0. The lowest BCUT2D eigenvalue weighted by atomic mass is 10.1. The fourth-order valence-corrected chi connectivity index (χ4v) is 1.67. The summed E-state index contributed by atoms with van der Waals surface area (Å²) in [6, 6.07) is 1.40. The number of hydrogen-bond donors (Lipinski definition) is 0. The van der Waals surface area contributed by atoms with Gasteiger partial charge >= 0.3 is 5.97 Å². The van der Waals surface area contributed by atoms with Crippen molar-refractivity contribution >= 4 is 11.8 Å². The third kappa shape index (κ3) is 3.31. The predicted molar refractivity (Wildman–Crippen MR) is 65.5 cm³/mol. The summed E-state index contributed by atoms with van der Waals surface area (Å²) in [4.78, 5) is 23.2. The van der Waals surface area contributed by atoms with E-state index in [0.29, 0.717) is 12.0 Å². The van der Waals surface area contributed by atoms with Gasteiger partial charge in [0.1, 0.15) is 5.82 Å². The standard InChI is InChI=1S/C14H14F2O4/c1-2-19-14(18)12(17)10-5-9(15)6-11(16)13(10)20-7-8-3-4-8/h5-6,8H,2-4,7H2,1H3. The molecule has 0 saturated heterocycles. The number of Topliss-reactive ketones (excluding diaryl/α,β-unsaturated/α-hetero) is 1. The number of esters is 1. The molecule has 1 saturated carbocycles. The second kappa shape index (κ2) is 5.98. The minimum absolute atomic E-state index is 0.000631. The lowest BCUT2D eigenvalue weighted by Gasteiger charge is -2.11. The Hall–Kier alpha value is -1.98. The molecule has 0 unspecified atom stereocenters. The van der Waals surface area contributed by atoms with Crippen LogP contribution in [-0.2, 0) is 9.53 Å². The molecule has 6 heteroatoms. The zero-order valence-electron chi connectivity index (χ0n) is 10.9. The number of ketones is 1. The topological polar surface area (TPSA) is 52.6 Å². The molecule has 2 rings (SSSR count). The molecule has 1 aromatic carbocycles. The summed E-state index contributed by atoms with van der Waals surface area (Å²) >= 11 is 0. The van der Waals surface area contributed by atoms with Crippen LogP contribution in [0.3, 0.4) is 0 Å². The van der Waals surface area contributed by atoms with Crippen LogP contribution < -0.4 is 4.74 Å². The first-order chi connectivity index (χ1) is 9.52. The van der Waals surface area contributed by atoms with E-state index < -0.39 is 34.7 Å². The van der Waals surface area contributed by atoms with Crippen LogP contribution in [0, 0.1) is 17.6 Å². The first-order valence-electron chi connectivity index (χ1n) is 6.36. The number of rotatable bonds is 6. The van der Waals surface area contributed by atoms with Crippen LogP contribution in [0.5, 0.6) is 5.75 Å².